The molecule has 0 saturated heterocycles. The number of nitriles is 1. The first-order chi connectivity index (χ1) is 11.1. The SMILES string of the molecule is CC(=O)c1ccccc1C(=O)NCc1ccc(OCC#N)cc1. The summed E-state index contributed by atoms with van der Waals surface area (Å²) in [5.74, 6) is 0.166. The van der Waals surface area contributed by atoms with E-state index in [0.29, 0.717) is 23.4 Å². The van der Waals surface area contributed by atoms with Gasteiger partial charge in [-0.2, -0.15) is 5.26 Å². The number of nitrogens with zero attached hydrogens (tertiary/aromatic N) is 1. The van der Waals surface area contributed by atoms with E-state index in [4.69, 9.17) is 10.00 Å². The van der Waals surface area contributed by atoms with Gasteiger partial charge >= 0.3 is 0 Å². The van der Waals surface area contributed by atoms with Crippen LogP contribution in [0.15, 0.2) is 48.5 Å². The molecule has 5 nitrogen and oxygen atoms in total. The predicted octanol–water partition coefficient (Wildman–Crippen LogP) is 2.72. The van der Waals surface area contributed by atoms with Crippen molar-refractivity contribution in [2.45, 2.75) is 13.5 Å². The molecule has 116 valence electrons. The molecule has 0 saturated carbocycles. The molecule has 2 aromatic rings. The van der Waals surface area contributed by atoms with Crippen LogP contribution in [0.2, 0.25) is 0 Å². The van der Waals surface area contributed by atoms with Gasteiger partial charge < -0.3 is 10.1 Å². The number of hydrogen-bond acceptors (Lipinski definition) is 4. The van der Waals surface area contributed by atoms with Gasteiger partial charge in [0.25, 0.3) is 5.91 Å². The highest BCUT2D eigenvalue weighted by molar-refractivity contribution is 6.07. The van der Waals surface area contributed by atoms with Gasteiger partial charge in [-0.1, -0.05) is 30.3 Å². The Labute approximate surface area is 134 Å². The van der Waals surface area contributed by atoms with E-state index in [0.717, 1.165) is 5.56 Å². The molecular weight excluding hydrogens is 292 g/mol. The molecule has 0 bridgehead atoms. The maximum Gasteiger partial charge on any atom is 0.252 e. The second-order valence-electron chi connectivity index (χ2n) is 4.88. The molecule has 0 aliphatic rings. The third-order valence-electron chi connectivity index (χ3n) is 3.23. The van der Waals surface area contributed by atoms with Gasteiger partial charge in [-0.25, -0.2) is 0 Å². The van der Waals surface area contributed by atoms with E-state index in [2.05, 4.69) is 5.32 Å². The van der Waals surface area contributed by atoms with Crippen molar-refractivity contribution in [1.82, 2.24) is 5.32 Å². The van der Waals surface area contributed by atoms with Crippen LogP contribution in [0.25, 0.3) is 0 Å². The lowest BCUT2D eigenvalue weighted by atomic mass is 10.0. The lowest BCUT2D eigenvalue weighted by molar-refractivity contribution is 0.0936. The van der Waals surface area contributed by atoms with E-state index < -0.39 is 0 Å². The van der Waals surface area contributed by atoms with E-state index in [-0.39, 0.29) is 18.3 Å². The summed E-state index contributed by atoms with van der Waals surface area (Å²) in [5, 5.41) is 11.2. The van der Waals surface area contributed by atoms with Crippen molar-refractivity contribution in [3.05, 3.63) is 65.2 Å². The fourth-order valence-electron chi connectivity index (χ4n) is 2.08. The minimum atomic E-state index is -0.291. The van der Waals surface area contributed by atoms with Gasteiger partial charge in [0.2, 0.25) is 0 Å². The zero-order valence-electron chi connectivity index (χ0n) is 12.7. The minimum absolute atomic E-state index is 0.00207. The van der Waals surface area contributed by atoms with Crippen molar-refractivity contribution in [3.63, 3.8) is 0 Å². The molecular formula is C18H16N2O3. The number of ketones is 1. The standard InChI is InChI=1S/C18H16N2O3/c1-13(21)16-4-2-3-5-17(16)18(22)20-12-14-6-8-15(9-7-14)23-11-10-19/h2-9H,11-12H2,1H3,(H,20,22). The summed E-state index contributed by atoms with van der Waals surface area (Å²) in [5.41, 5.74) is 1.67. The molecule has 1 N–H and O–H groups in total. The quantitative estimate of drug-likeness (QED) is 0.832. The van der Waals surface area contributed by atoms with E-state index in [1.807, 2.05) is 18.2 Å². The maximum absolute atomic E-state index is 12.2. The lowest BCUT2D eigenvalue weighted by Gasteiger charge is -2.09. The topological polar surface area (TPSA) is 79.2 Å². The van der Waals surface area contributed by atoms with Crippen molar-refractivity contribution in [2.24, 2.45) is 0 Å². The number of ether oxygens (including phenoxy) is 1. The van der Waals surface area contributed by atoms with Crippen LogP contribution < -0.4 is 10.1 Å². The first-order valence-corrected chi connectivity index (χ1v) is 7.08. The number of nitrogens with one attached hydrogen (secondary N) is 1. The average Bonchev–Trinajstić information content (AvgIpc) is 2.58. The Morgan fingerprint density at radius 3 is 2.35 bits per heavy atom. The van der Waals surface area contributed by atoms with E-state index in [1.165, 1.54) is 6.92 Å². The average molecular weight is 308 g/mol. The molecule has 2 aromatic carbocycles. The van der Waals surface area contributed by atoms with Crippen LogP contribution in [0.5, 0.6) is 5.75 Å². The zero-order chi connectivity index (χ0) is 16.7. The maximum atomic E-state index is 12.2. The van der Waals surface area contributed by atoms with Crippen molar-refractivity contribution >= 4 is 11.7 Å². The van der Waals surface area contributed by atoms with Crippen LogP contribution in [-0.4, -0.2) is 18.3 Å². The number of amides is 1. The Hall–Kier alpha value is -3.13. The predicted molar refractivity (Wildman–Crippen MR) is 85.2 cm³/mol. The summed E-state index contributed by atoms with van der Waals surface area (Å²) in [7, 11) is 0. The normalized spacial score (nSPS) is 9.74. The monoisotopic (exact) mass is 308 g/mol. The number of benzene rings is 2. The first kappa shape index (κ1) is 16.2. The van der Waals surface area contributed by atoms with Crippen LogP contribution in [0.3, 0.4) is 0 Å². The zero-order valence-corrected chi connectivity index (χ0v) is 12.7. The van der Waals surface area contributed by atoms with Crippen LogP contribution in [0.4, 0.5) is 0 Å². The summed E-state index contributed by atoms with van der Waals surface area (Å²) < 4.78 is 5.16. The van der Waals surface area contributed by atoms with Crippen LogP contribution in [0, 0.1) is 11.3 Å². The van der Waals surface area contributed by atoms with E-state index in [1.54, 1.807) is 36.4 Å². The highest BCUT2D eigenvalue weighted by Crippen LogP contribution is 2.13. The van der Waals surface area contributed by atoms with Gasteiger partial charge in [-0.3, -0.25) is 9.59 Å². The summed E-state index contributed by atoms with van der Waals surface area (Å²) in [6.07, 6.45) is 0. The molecule has 0 heterocycles. The molecule has 0 aromatic heterocycles. The molecule has 0 aliphatic heterocycles. The molecule has 5 heteroatoms. The third kappa shape index (κ3) is 4.42. The molecule has 0 spiro atoms. The van der Waals surface area contributed by atoms with Crippen molar-refractivity contribution in [3.8, 4) is 11.8 Å². The largest absolute Gasteiger partial charge is 0.479 e. The second-order valence-corrected chi connectivity index (χ2v) is 4.88. The fourth-order valence-corrected chi connectivity index (χ4v) is 2.08. The molecule has 23 heavy (non-hydrogen) atoms. The number of rotatable bonds is 6. The Morgan fingerprint density at radius 1 is 1.09 bits per heavy atom. The summed E-state index contributed by atoms with van der Waals surface area (Å²) in [4.78, 5) is 23.8. The Morgan fingerprint density at radius 2 is 1.74 bits per heavy atom. The number of hydrogen-bond donors (Lipinski definition) is 1. The Balaban J connectivity index is 2.00. The molecule has 1 amide bonds. The van der Waals surface area contributed by atoms with Gasteiger partial charge in [-0.05, 0) is 30.7 Å². The van der Waals surface area contributed by atoms with Gasteiger partial charge in [0.15, 0.2) is 12.4 Å². The molecule has 2 rings (SSSR count). The number of carbonyl (C=O) groups excluding carboxylic acids is 2. The molecule has 0 atom stereocenters. The number of carbonyl (C=O) groups is 2. The lowest BCUT2D eigenvalue weighted by Crippen LogP contribution is -2.24. The Kier molecular flexibility index (Phi) is 5.48. The third-order valence-corrected chi connectivity index (χ3v) is 3.23. The molecule has 0 fully saturated rings. The minimum Gasteiger partial charge on any atom is -0.479 e. The van der Waals surface area contributed by atoms with Crippen LogP contribution in [-0.2, 0) is 6.54 Å². The second kappa shape index (κ2) is 7.76. The van der Waals surface area contributed by atoms with Gasteiger partial charge in [0, 0.05) is 12.1 Å². The summed E-state index contributed by atoms with van der Waals surface area (Å²) in [6, 6.07) is 15.7. The molecule has 0 radical (unpaired) electrons. The van der Waals surface area contributed by atoms with E-state index in [9.17, 15) is 9.59 Å². The smallest absolute Gasteiger partial charge is 0.252 e. The van der Waals surface area contributed by atoms with Gasteiger partial charge in [-0.15, -0.1) is 0 Å². The van der Waals surface area contributed by atoms with Gasteiger partial charge in [0.1, 0.15) is 11.8 Å². The fraction of sp³-hybridized carbons (Fsp3) is 0.167. The summed E-state index contributed by atoms with van der Waals surface area (Å²) in [6.45, 7) is 1.77. The first-order valence-electron chi connectivity index (χ1n) is 7.08. The van der Waals surface area contributed by atoms with Crippen molar-refractivity contribution in [2.75, 3.05) is 6.61 Å². The highest BCUT2D eigenvalue weighted by atomic mass is 16.5. The van der Waals surface area contributed by atoms with Gasteiger partial charge in [0.05, 0.1) is 5.56 Å². The van der Waals surface area contributed by atoms with Crippen molar-refractivity contribution in [1.29, 1.82) is 5.26 Å². The highest BCUT2D eigenvalue weighted by Gasteiger charge is 2.13. The van der Waals surface area contributed by atoms with E-state index >= 15 is 0 Å². The van der Waals surface area contributed by atoms with Crippen LogP contribution >= 0.6 is 0 Å². The Bertz CT molecular complexity index is 746. The molecule has 0 aliphatic carbocycles. The van der Waals surface area contributed by atoms with Crippen molar-refractivity contribution < 1.29 is 14.3 Å². The summed E-state index contributed by atoms with van der Waals surface area (Å²) >= 11 is 0. The molecule has 0 unspecified atom stereocenters. The number of Topliss-reactive ketones (excluding diaryl/α,β-unsaturated/α-hetero) is 1. The van der Waals surface area contributed by atoms with Crippen LogP contribution in [0.1, 0.15) is 33.2 Å².